The minimum absolute atomic E-state index is 0.266. The van der Waals surface area contributed by atoms with Crippen molar-refractivity contribution in [1.29, 1.82) is 0 Å². The molecule has 0 atom stereocenters. The van der Waals surface area contributed by atoms with E-state index in [1.807, 2.05) is 0 Å². The van der Waals surface area contributed by atoms with Gasteiger partial charge in [0.15, 0.2) is 0 Å². The molecule has 0 aromatic heterocycles. The standard InChI is InChI=1S/C11H10ClNO3/c1-8(14)6-11(15)16-13-7-9-4-2-3-5-10(9)12/h2-5,7H,6H2,1H3/b13-7+. The van der Waals surface area contributed by atoms with Crippen LogP contribution in [0.15, 0.2) is 29.4 Å². The lowest BCUT2D eigenvalue weighted by atomic mass is 10.2. The van der Waals surface area contributed by atoms with E-state index in [2.05, 4.69) is 9.99 Å². The molecule has 84 valence electrons. The highest BCUT2D eigenvalue weighted by Gasteiger charge is 2.05. The Labute approximate surface area is 97.8 Å². The summed E-state index contributed by atoms with van der Waals surface area (Å²) in [5.41, 5.74) is 0.639. The number of halogens is 1. The second-order valence-electron chi connectivity index (χ2n) is 3.10. The van der Waals surface area contributed by atoms with Gasteiger partial charge in [0.2, 0.25) is 0 Å². The highest BCUT2D eigenvalue weighted by Crippen LogP contribution is 2.12. The van der Waals surface area contributed by atoms with Gasteiger partial charge in [0.25, 0.3) is 0 Å². The zero-order valence-corrected chi connectivity index (χ0v) is 9.40. The Kier molecular flexibility index (Phi) is 4.66. The third-order valence-corrected chi connectivity index (χ3v) is 1.99. The molecule has 0 radical (unpaired) electrons. The molecule has 0 unspecified atom stereocenters. The number of hydrogen-bond acceptors (Lipinski definition) is 4. The number of rotatable bonds is 4. The SMILES string of the molecule is CC(=O)CC(=O)O/N=C/c1ccccc1Cl. The summed E-state index contributed by atoms with van der Waals surface area (Å²) < 4.78 is 0. The quantitative estimate of drug-likeness (QED) is 0.350. The van der Waals surface area contributed by atoms with Gasteiger partial charge in [-0.05, 0) is 13.0 Å². The molecule has 0 N–H and O–H groups in total. The number of carbonyl (C=O) groups excluding carboxylic acids is 2. The van der Waals surface area contributed by atoms with Crippen molar-refractivity contribution >= 4 is 29.6 Å². The second kappa shape index (κ2) is 6.02. The summed E-state index contributed by atoms with van der Waals surface area (Å²) in [5.74, 6) is -0.950. The normalized spacial score (nSPS) is 10.4. The van der Waals surface area contributed by atoms with E-state index in [4.69, 9.17) is 11.6 Å². The van der Waals surface area contributed by atoms with E-state index in [9.17, 15) is 9.59 Å². The van der Waals surface area contributed by atoms with Gasteiger partial charge in [0, 0.05) is 10.6 Å². The van der Waals surface area contributed by atoms with E-state index in [-0.39, 0.29) is 12.2 Å². The molecule has 0 heterocycles. The fourth-order valence-corrected chi connectivity index (χ4v) is 1.14. The molecule has 0 aliphatic heterocycles. The first-order valence-corrected chi connectivity index (χ1v) is 4.94. The average molecular weight is 240 g/mol. The van der Waals surface area contributed by atoms with Crippen LogP contribution in [0.25, 0.3) is 0 Å². The third kappa shape index (κ3) is 4.23. The van der Waals surface area contributed by atoms with Crippen LogP contribution in [0.1, 0.15) is 18.9 Å². The van der Waals surface area contributed by atoms with Crippen LogP contribution in [0.2, 0.25) is 5.02 Å². The largest absolute Gasteiger partial charge is 0.342 e. The van der Waals surface area contributed by atoms with Crippen molar-refractivity contribution in [1.82, 2.24) is 0 Å². The van der Waals surface area contributed by atoms with Gasteiger partial charge in [-0.1, -0.05) is 35.0 Å². The topological polar surface area (TPSA) is 55.7 Å². The lowest BCUT2D eigenvalue weighted by Gasteiger charge is -1.96. The Morgan fingerprint density at radius 1 is 1.44 bits per heavy atom. The Morgan fingerprint density at radius 3 is 2.75 bits per heavy atom. The van der Waals surface area contributed by atoms with Crippen molar-refractivity contribution in [3.63, 3.8) is 0 Å². The Hall–Kier alpha value is -1.68. The van der Waals surface area contributed by atoms with Gasteiger partial charge in [0.05, 0.1) is 6.21 Å². The van der Waals surface area contributed by atoms with Crippen LogP contribution in [0.4, 0.5) is 0 Å². The van der Waals surface area contributed by atoms with Crippen molar-refractivity contribution in [3.05, 3.63) is 34.9 Å². The second-order valence-corrected chi connectivity index (χ2v) is 3.51. The first-order valence-electron chi connectivity index (χ1n) is 4.57. The first-order chi connectivity index (χ1) is 7.59. The van der Waals surface area contributed by atoms with Crippen LogP contribution < -0.4 is 0 Å². The lowest BCUT2D eigenvalue weighted by molar-refractivity contribution is -0.145. The fraction of sp³-hybridized carbons (Fsp3) is 0.182. The molecule has 0 aliphatic rings. The van der Waals surface area contributed by atoms with Gasteiger partial charge in [-0.3, -0.25) is 4.79 Å². The maximum Gasteiger partial charge on any atom is 0.342 e. The summed E-state index contributed by atoms with van der Waals surface area (Å²) in [4.78, 5) is 26.0. The van der Waals surface area contributed by atoms with Crippen LogP contribution >= 0.6 is 11.6 Å². The van der Waals surface area contributed by atoms with Gasteiger partial charge < -0.3 is 4.84 Å². The summed E-state index contributed by atoms with van der Waals surface area (Å²) in [6, 6.07) is 6.98. The van der Waals surface area contributed by atoms with Crippen LogP contribution in [0, 0.1) is 0 Å². The molecule has 0 saturated carbocycles. The molecular weight excluding hydrogens is 230 g/mol. The van der Waals surface area contributed by atoms with E-state index in [0.29, 0.717) is 10.6 Å². The molecule has 0 fully saturated rings. The molecule has 5 heteroatoms. The Bertz CT molecular complexity index is 429. The average Bonchev–Trinajstić information content (AvgIpc) is 2.19. The molecular formula is C11H10ClNO3. The summed E-state index contributed by atoms with van der Waals surface area (Å²) in [5, 5.41) is 3.95. The fourth-order valence-electron chi connectivity index (χ4n) is 0.957. The van der Waals surface area contributed by atoms with Gasteiger partial charge in [-0.25, -0.2) is 4.79 Å². The predicted molar refractivity (Wildman–Crippen MR) is 60.4 cm³/mol. The number of oxime groups is 1. The van der Waals surface area contributed by atoms with Crippen LogP contribution in [0.5, 0.6) is 0 Å². The molecule has 1 aromatic carbocycles. The van der Waals surface area contributed by atoms with Crippen molar-refractivity contribution < 1.29 is 14.4 Å². The van der Waals surface area contributed by atoms with Crippen molar-refractivity contribution in [2.24, 2.45) is 5.16 Å². The molecule has 0 aliphatic carbocycles. The van der Waals surface area contributed by atoms with E-state index in [0.717, 1.165) is 0 Å². The van der Waals surface area contributed by atoms with Gasteiger partial charge in [0.1, 0.15) is 12.2 Å². The molecule has 16 heavy (non-hydrogen) atoms. The van der Waals surface area contributed by atoms with E-state index in [1.54, 1.807) is 24.3 Å². The lowest BCUT2D eigenvalue weighted by Crippen LogP contribution is -2.05. The zero-order chi connectivity index (χ0) is 12.0. The molecule has 1 rings (SSSR count). The highest BCUT2D eigenvalue weighted by molar-refractivity contribution is 6.33. The molecule has 1 aromatic rings. The van der Waals surface area contributed by atoms with E-state index < -0.39 is 5.97 Å². The summed E-state index contributed by atoms with van der Waals surface area (Å²) in [6.45, 7) is 1.30. The Morgan fingerprint density at radius 2 is 2.12 bits per heavy atom. The van der Waals surface area contributed by atoms with Gasteiger partial charge >= 0.3 is 5.97 Å². The van der Waals surface area contributed by atoms with Crippen LogP contribution in [0.3, 0.4) is 0 Å². The minimum atomic E-state index is -0.684. The highest BCUT2D eigenvalue weighted by atomic mass is 35.5. The Balaban J connectivity index is 2.52. The minimum Gasteiger partial charge on any atom is -0.318 e. The van der Waals surface area contributed by atoms with Gasteiger partial charge in [-0.2, -0.15) is 0 Å². The molecule has 0 spiro atoms. The maximum absolute atomic E-state index is 10.9. The smallest absolute Gasteiger partial charge is 0.318 e. The number of carbonyl (C=O) groups is 2. The monoisotopic (exact) mass is 239 g/mol. The summed E-state index contributed by atoms with van der Waals surface area (Å²) >= 11 is 5.84. The third-order valence-electron chi connectivity index (χ3n) is 1.64. The predicted octanol–water partition coefficient (Wildman–Crippen LogP) is 2.20. The summed E-state index contributed by atoms with van der Waals surface area (Å²) in [6.07, 6.45) is 1.04. The van der Waals surface area contributed by atoms with Gasteiger partial charge in [-0.15, -0.1) is 0 Å². The number of Topliss-reactive ketones (excluding diaryl/α,β-unsaturated/α-hetero) is 1. The first kappa shape index (κ1) is 12.4. The van der Waals surface area contributed by atoms with E-state index in [1.165, 1.54) is 13.1 Å². The number of hydrogen-bond donors (Lipinski definition) is 0. The molecule has 4 nitrogen and oxygen atoms in total. The molecule has 0 bridgehead atoms. The summed E-state index contributed by atoms with van der Waals surface area (Å²) in [7, 11) is 0. The number of nitrogens with zero attached hydrogens (tertiary/aromatic N) is 1. The van der Waals surface area contributed by atoms with Crippen molar-refractivity contribution in [2.75, 3.05) is 0 Å². The van der Waals surface area contributed by atoms with Crippen LogP contribution in [-0.2, 0) is 14.4 Å². The maximum atomic E-state index is 10.9. The van der Waals surface area contributed by atoms with Crippen molar-refractivity contribution in [3.8, 4) is 0 Å². The number of ketones is 1. The number of benzene rings is 1. The molecule has 0 amide bonds. The molecule has 0 saturated heterocycles. The van der Waals surface area contributed by atoms with E-state index >= 15 is 0 Å². The van der Waals surface area contributed by atoms with Crippen LogP contribution in [-0.4, -0.2) is 18.0 Å². The zero-order valence-electron chi connectivity index (χ0n) is 8.64. The van der Waals surface area contributed by atoms with Crippen molar-refractivity contribution in [2.45, 2.75) is 13.3 Å².